The Hall–Kier alpha value is 0.170. The summed E-state index contributed by atoms with van der Waals surface area (Å²) in [6.45, 7) is 7.49. The van der Waals surface area contributed by atoms with Crippen LogP contribution < -0.4 is 5.73 Å². The Balaban J connectivity index is 0.00000128. The van der Waals surface area contributed by atoms with Crippen molar-refractivity contribution in [3.63, 3.8) is 0 Å². The first-order valence-corrected chi connectivity index (χ1v) is 6.31. The van der Waals surface area contributed by atoms with Crippen molar-refractivity contribution in [2.45, 2.75) is 32.2 Å². The lowest BCUT2D eigenvalue weighted by Gasteiger charge is -2.17. The largest absolute Gasteiger partial charge is 0.380 e. The summed E-state index contributed by atoms with van der Waals surface area (Å²) in [5.74, 6) is 1.59. The van der Waals surface area contributed by atoms with Crippen molar-refractivity contribution in [3.8, 4) is 0 Å². The summed E-state index contributed by atoms with van der Waals surface area (Å²) in [4.78, 5) is 2.49. The standard InChI is InChI=1S/C12H24N2O.ClH/c1-10(13)12-4-5-14(8-12)6-7-15-9-11-2-3-11;/h10-12H,2-9,13H2,1H3;1H. The lowest BCUT2D eigenvalue weighted by atomic mass is 10.0. The molecule has 16 heavy (non-hydrogen) atoms. The molecule has 2 N–H and O–H groups in total. The lowest BCUT2D eigenvalue weighted by Crippen LogP contribution is -2.31. The van der Waals surface area contributed by atoms with Crippen LogP contribution in [-0.2, 0) is 4.74 Å². The molecule has 0 spiro atoms. The Bertz CT molecular complexity index is 197. The van der Waals surface area contributed by atoms with Crippen molar-refractivity contribution in [2.24, 2.45) is 17.6 Å². The number of ether oxygens (including phenoxy) is 1. The number of nitrogens with two attached hydrogens (primary N) is 1. The predicted octanol–water partition coefficient (Wildman–Crippen LogP) is 1.50. The number of hydrogen-bond acceptors (Lipinski definition) is 3. The maximum Gasteiger partial charge on any atom is 0.0593 e. The highest BCUT2D eigenvalue weighted by molar-refractivity contribution is 5.85. The summed E-state index contributed by atoms with van der Waals surface area (Å²) < 4.78 is 5.64. The summed E-state index contributed by atoms with van der Waals surface area (Å²) in [6.07, 6.45) is 4.03. The van der Waals surface area contributed by atoms with E-state index in [-0.39, 0.29) is 12.4 Å². The van der Waals surface area contributed by atoms with Gasteiger partial charge in [0.05, 0.1) is 6.61 Å². The summed E-state index contributed by atoms with van der Waals surface area (Å²) in [7, 11) is 0. The monoisotopic (exact) mass is 248 g/mol. The number of hydrogen-bond donors (Lipinski definition) is 1. The van der Waals surface area contributed by atoms with Crippen LogP contribution >= 0.6 is 12.4 Å². The molecule has 4 heteroatoms. The highest BCUT2D eigenvalue weighted by Crippen LogP contribution is 2.28. The average Bonchev–Trinajstić information content (AvgIpc) is 2.90. The Morgan fingerprint density at radius 1 is 1.38 bits per heavy atom. The zero-order valence-corrected chi connectivity index (χ0v) is 11.0. The minimum Gasteiger partial charge on any atom is -0.380 e. The van der Waals surface area contributed by atoms with Gasteiger partial charge in [0.2, 0.25) is 0 Å². The van der Waals surface area contributed by atoms with E-state index in [0.717, 1.165) is 25.7 Å². The van der Waals surface area contributed by atoms with Crippen LogP contribution in [0.4, 0.5) is 0 Å². The van der Waals surface area contributed by atoms with Crippen molar-refractivity contribution in [2.75, 3.05) is 32.8 Å². The van der Waals surface area contributed by atoms with Crippen LogP contribution in [0.3, 0.4) is 0 Å². The molecule has 2 unspecified atom stereocenters. The second-order valence-corrected chi connectivity index (χ2v) is 5.23. The smallest absolute Gasteiger partial charge is 0.0593 e. The van der Waals surface area contributed by atoms with E-state index in [1.54, 1.807) is 0 Å². The maximum atomic E-state index is 5.90. The van der Waals surface area contributed by atoms with Gasteiger partial charge in [-0.15, -0.1) is 12.4 Å². The van der Waals surface area contributed by atoms with E-state index in [1.165, 1.54) is 32.4 Å². The normalized spacial score (nSPS) is 27.8. The SMILES string of the molecule is CC(N)C1CCN(CCOCC2CC2)C1.Cl. The van der Waals surface area contributed by atoms with E-state index in [4.69, 9.17) is 10.5 Å². The van der Waals surface area contributed by atoms with Crippen LogP contribution in [-0.4, -0.2) is 43.8 Å². The van der Waals surface area contributed by atoms with Gasteiger partial charge in [-0.2, -0.15) is 0 Å². The van der Waals surface area contributed by atoms with E-state index in [9.17, 15) is 0 Å². The first kappa shape index (κ1) is 14.2. The van der Waals surface area contributed by atoms with Gasteiger partial charge >= 0.3 is 0 Å². The topological polar surface area (TPSA) is 38.5 Å². The van der Waals surface area contributed by atoms with Crippen molar-refractivity contribution >= 4 is 12.4 Å². The van der Waals surface area contributed by atoms with Gasteiger partial charge in [0.15, 0.2) is 0 Å². The van der Waals surface area contributed by atoms with E-state index < -0.39 is 0 Å². The molecule has 0 aromatic rings. The van der Waals surface area contributed by atoms with E-state index >= 15 is 0 Å². The van der Waals surface area contributed by atoms with E-state index in [2.05, 4.69) is 11.8 Å². The van der Waals surface area contributed by atoms with Gasteiger partial charge in [0, 0.05) is 25.7 Å². The Labute approximate surface area is 105 Å². The highest BCUT2D eigenvalue weighted by atomic mass is 35.5. The molecule has 2 atom stereocenters. The molecule has 1 heterocycles. The van der Waals surface area contributed by atoms with E-state index in [1.807, 2.05) is 0 Å². The molecule has 0 aromatic carbocycles. The maximum absolute atomic E-state index is 5.90. The molecular weight excluding hydrogens is 224 g/mol. The van der Waals surface area contributed by atoms with Crippen LogP contribution in [0, 0.1) is 11.8 Å². The zero-order valence-electron chi connectivity index (χ0n) is 10.2. The van der Waals surface area contributed by atoms with Gasteiger partial charge in [-0.05, 0) is 44.6 Å². The Morgan fingerprint density at radius 3 is 2.69 bits per heavy atom. The molecular formula is C12H25ClN2O. The summed E-state index contributed by atoms with van der Waals surface area (Å²) in [6, 6.07) is 0.349. The fourth-order valence-electron chi connectivity index (χ4n) is 2.22. The molecule has 1 saturated carbocycles. The van der Waals surface area contributed by atoms with Crippen LogP contribution in [0.1, 0.15) is 26.2 Å². The molecule has 1 aliphatic carbocycles. The number of nitrogens with zero attached hydrogens (tertiary/aromatic N) is 1. The predicted molar refractivity (Wildman–Crippen MR) is 69.0 cm³/mol. The highest BCUT2D eigenvalue weighted by Gasteiger charge is 2.25. The zero-order chi connectivity index (χ0) is 10.7. The molecule has 2 fully saturated rings. The summed E-state index contributed by atoms with van der Waals surface area (Å²) in [5.41, 5.74) is 5.90. The second-order valence-electron chi connectivity index (χ2n) is 5.23. The molecule has 0 bridgehead atoms. The minimum absolute atomic E-state index is 0. The molecule has 1 aliphatic heterocycles. The quantitative estimate of drug-likeness (QED) is 0.725. The third-order valence-electron chi connectivity index (χ3n) is 3.65. The van der Waals surface area contributed by atoms with Gasteiger partial charge in [0.1, 0.15) is 0 Å². The van der Waals surface area contributed by atoms with Gasteiger partial charge in [-0.1, -0.05) is 0 Å². The first-order valence-electron chi connectivity index (χ1n) is 6.31. The van der Waals surface area contributed by atoms with Crippen LogP contribution in [0.2, 0.25) is 0 Å². The molecule has 2 rings (SSSR count). The van der Waals surface area contributed by atoms with Gasteiger partial charge < -0.3 is 15.4 Å². The number of halogens is 1. The van der Waals surface area contributed by atoms with Crippen molar-refractivity contribution in [1.29, 1.82) is 0 Å². The van der Waals surface area contributed by atoms with E-state index in [0.29, 0.717) is 12.0 Å². The van der Waals surface area contributed by atoms with Crippen molar-refractivity contribution in [3.05, 3.63) is 0 Å². The number of likely N-dealkylation sites (tertiary alicyclic amines) is 1. The number of rotatable bonds is 6. The third kappa shape index (κ3) is 4.58. The van der Waals surface area contributed by atoms with Gasteiger partial charge in [-0.3, -0.25) is 0 Å². The third-order valence-corrected chi connectivity index (χ3v) is 3.65. The lowest BCUT2D eigenvalue weighted by molar-refractivity contribution is 0.102. The molecule has 3 nitrogen and oxygen atoms in total. The Kier molecular flexibility index (Phi) is 6.05. The Morgan fingerprint density at radius 2 is 2.12 bits per heavy atom. The fourth-order valence-corrected chi connectivity index (χ4v) is 2.22. The molecule has 0 radical (unpaired) electrons. The van der Waals surface area contributed by atoms with Gasteiger partial charge in [-0.25, -0.2) is 0 Å². The minimum atomic E-state index is 0. The summed E-state index contributed by atoms with van der Waals surface area (Å²) in [5, 5.41) is 0. The fraction of sp³-hybridized carbons (Fsp3) is 1.00. The summed E-state index contributed by atoms with van der Waals surface area (Å²) >= 11 is 0. The molecule has 0 amide bonds. The van der Waals surface area contributed by atoms with Crippen LogP contribution in [0.25, 0.3) is 0 Å². The molecule has 96 valence electrons. The molecule has 1 saturated heterocycles. The second kappa shape index (κ2) is 6.80. The first-order chi connectivity index (χ1) is 7.25. The van der Waals surface area contributed by atoms with Gasteiger partial charge in [0.25, 0.3) is 0 Å². The van der Waals surface area contributed by atoms with Crippen molar-refractivity contribution in [1.82, 2.24) is 4.90 Å². The average molecular weight is 249 g/mol. The molecule has 0 aromatic heterocycles. The van der Waals surface area contributed by atoms with Crippen molar-refractivity contribution < 1.29 is 4.74 Å². The van der Waals surface area contributed by atoms with Crippen LogP contribution in [0.5, 0.6) is 0 Å². The van der Waals surface area contributed by atoms with Crippen LogP contribution in [0.15, 0.2) is 0 Å². The molecule has 2 aliphatic rings.